The minimum atomic E-state index is -0.566. The van der Waals surface area contributed by atoms with Crippen LogP contribution in [0.2, 0.25) is 0 Å². The summed E-state index contributed by atoms with van der Waals surface area (Å²) in [5, 5.41) is 8.65. The Bertz CT molecular complexity index is 567. The maximum Gasteiger partial charge on any atom is 0.293 e. The van der Waals surface area contributed by atoms with E-state index in [1.807, 2.05) is 18.3 Å². The fraction of sp³-hybridized carbons (Fsp3) is 0.333. The van der Waals surface area contributed by atoms with E-state index in [-0.39, 0.29) is 5.41 Å². The summed E-state index contributed by atoms with van der Waals surface area (Å²) in [6.45, 7) is 6.28. The molecular weight excluding hydrogens is 218 g/mol. The van der Waals surface area contributed by atoms with Crippen LogP contribution in [-0.2, 0) is 5.41 Å². The summed E-state index contributed by atoms with van der Waals surface area (Å²) in [7, 11) is 0. The highest BCUT2D eigenvalue weighted by Gasteiger charge is 2.17. The second kappa shape index (κ2) is 3.85. The summed E-state index contributed by atoms with van der Waals surface area (Å²) >= 11 is 0. The van der Waals surface area contributed by atoms with Gasteiger partial charge in [-0.3, -0.25) is 14.4 Å². The van der Waals surface area contributed by atoms with Crippen molar-refractivity contribution in [3.63, 3.8) is 0 Å². The van der Waals surface area contributed by atoms with Gasteiger partial charge in [-0.05, 0) is 17.0 Å². The second-order valence-electron chi connectivity index (χ2n) is 4.98. The third-order valence-corrected chi connectivity index (χ3v) is 2.71. The molecule has 0 aliphatic heterocycles. The van der Waals surface area contributed by atoms with E-state index in [0.29, 0.717) is 11.3 Å². The Labute approximate surface area is 99.1 Å². The summed E-state index contributed by atoms with van der Waals surface area (Å²) in [5.74, 6) is -0.566. The first-order valence-electron chi connectivity index (χ1n) is 5.35. The van der Waals surface area contributed by atoms with E-state index in [9.17, 15) is 4.79 Å². The summed E-state index contributed by atoms with van der Waals surface area (Å²) in [6, 6.07) is 3.84. The van der Waals surface area contributed by atoms with Crippen LogP contribution in [0, 0.1) is 0 Å². The first-order valence-corrected chi connectivity index (χ1v) is 5.35. The molecule has 0 radical (unpaired) electrons. The first kappa shape index (κ1) is 11.6. The zero-order valence-electron chi connectivity index (χ0n) is 10.1. The molecule has 90 valence electrons. The average Bonchev–Trinajstić information content (AvgIpc) is 2.69. The molecular formula is C12H15N3O2. The second-order valence-corrected chi connectivity index (χ2v) is 4.98. The van der Waals surface area contributed by atoms with E-state index in [1.54, 1.807) is 9.88 Å². The number of amides is 1. The van der Waals surface area contributed by atoms with Gasteiger partial charge in [0.2, 0.25) is 0 Å². The molecule has 2 N–H and O–H groups in total. The number of imidazole rings is 1. The lowest BCUT2D eigenvalue weighted by Crippen LogP contribution is -2.21. The zero-order chi connectivity index (χ0) is 12.6. The molecule has 0 saturated heterocycles. The van der Waals surface area contributed by atoms with Crippen LogP contribution in [-0.4, -0.2) is 20.5 Å². The van der Waals surface area contributed by atoms with Crippen molar-refractivity contribution in [2.75, 3.05) is 0 Å². The molecule has 2 aromatic heterocycles. The Morgan fingerprint density at radius 1 is 1.41 bits per heavy atom. The highest BCUT2D eigenvalue weighted by Crippen LogP contribution is 2.22. The largest absolute Gasteiger partial charge is 0.295 e. The third kappa shape index (κ3) is 2.01. The lowest BCUT2D eigenvalue weighted by molar-refractivity contribution is 0.0699. The van der Waals surface area contributed by atoms with E-state index < -0.39 is 5.91 Å². The van der Waals surface area contributed by atoms with E-state index in [0.717, 1.165) is 5.56 Å². The predicted octanol–water partition coefficient (Wildman–Crippen LogP) is 1.75. The minimum absolute atomic E-state index is 0.00851. The molecule has 0 atom stereocenters. The molecule has 0 bridgehead atoms. The van der Waals surface area contributed by atoms with Gasteiger partial charge in [-0.25, -0.2) is 10.5 Å². The molecule has 5 nitrogen and oxygen atoms in total. The third-order valence-electron chi connectivity index (χ3n) is 2.71. The van der Waals surface area contributed by atoms with Crippen molar-refractivity contribution in [3.8, 4) is 0 Å². The van der Waals surface area contributed by atoms with Crippen LogP contribution in [0.5, 0.6) is 0 Å². The van der Waals surface area contributed by atoms with Crippen molar-refractivity contribution >= 4 is 11.6 Å². The van der Waals surface area contributed by atoms with Gasteiger partial charge < -0.3 is 0 Å². The number of hydrogen-bond acceptors (Lipinski definition) is 3. The monoisotopic (exact) mass is 233 g/mol. The number of pyridine rings is 1. The van der Waals surface area contributed by atoms with Gasteiger partial charge in [0.15, 0.2) is 0 Å². The van der Waals surface area contributed by atoms with Crippen molar-refractivity contribution < 1.29 is 10.0 Å². The molecule has 5 heteroatoms. The van der Waals surface area contributed by atoms with Gasteiger partial charge in [-0.2, -0.15) is 0 Å². The van der Waals surface area contributed by atoms with Crippen molar-refractivity contribution in [2.24, 2.45) is 0 Å². The average molecular weight is 233 g/mol. The number of rotatable bonds is 1. The Morgan fingerprint density at radius 3 is 2.71 bits per heavy atom. The molecule has 0 aromatic carbocycles. The number of aromatic nitrogens is 2. The van der Waals surface area contributed by atoms with Crippen molar-refractivity contribution in [1.82, 2.24) is 14.9 Å². The van der Waals surface area contributed by atoms with Crippen molar-refractivity contribution in [1.29, 1.82) is 0 Å². The number of nitrogens with one attached hydrogen (secondary N) is 1. The van der Waals surface area contributed by atoms with Gasteiger partial charge in [0.05, 0.1) is 6.20 Å². The first-order chi connectivity index (χ1) is 7.93. The maximum absolute atomic E-state index is 11.4. The molecule has 2 aromatic rings. The van der Waals surface area contributed by atoms with Gasteiger partial charge >= 0.3 is 0 Å². The van der Waals surface area contributed by atoms with Gasteiger partial charge in [-0.1, -0.05) is 26.8 Å². The zero-order valence-corrected chi connectivity index (χ0v) is 10.1. The summed E-state index contributed by atoms with van der Waals surface area (Å²) in [4.78, 5) is 15.5. The summed E-state index contributed by atoms with van der Waals surface area (Å²) in [5.41, 5.74) is 3.69. The fourth-order valence-corrected chi connectivity index (χ4v) is 1.65. The van der Waals surface area contributed by atoms with Gasteiger partial charge in [0.25, 0.3) is 5.91 Å². The Kier molecular flexibility index (Phi) is 2.63. The normalized spacial score (nSPS) is 11.8. The van der Waals surface area contributed by atoms with Crippen molar-refractivity contribution in [2.45, 2.75) is 26.2 Å². The molecule has 0 spiro atoms. The quantitative estimate of drug-likeness (QED) is 0.582. The number of nitrogens with zero attached hydrogens (tertiary/aromatic N) is 2. The smallest absolute Gasteiger partial charge is 0.293 e. The van der Waals surface area contributed by atoms with Crippen LogP contribution >= 0.6 is 0 Å². The summed E-state index contributed by atoms with van der Waals surface area (Å²) < 4.78 is 1.67. The van der Waals surface area contributed by atoms with Crippen molar-refractivity contribution in [3.05, 3.63) is 35.8 Å². The van der Waals surface area contributed by atoms with Gasteiger partial charge in [0, 0.05) is 6.20 Å². The standard InChI is InChI=1S/C12H15N3O2/c1-12(2,3)8-4-5-10-13-6-9(11(16)14-17)15(10)7-8/h4-7,17H,1-3H3,(H,14,16). The Morgan fingerprint density at radius 2 is 2.12 bits per heavy atom. The van der Waals surface area contributed by atoms with Gasteiger partial charge in [0.1, 0.15) is 11.3 Å². The highest BCUT2D eigenvalue weighted by molar-refractivity contribution is 5.92. The van der Waals surface area contributed by atoms with Crippen LogP contribution in [0.1, 0.15) is 36.8 Å². The van der Waals surface area contributed by atoms with Crippen LogP contribution < -0.4 is 5.48 Å². The maximum atomic E-state index is 11.4. The highest BCUT2D eigenvalue weighted by atomic mass is 16.5. The van der Waals surface area contributed by atoms with Crippen LogP contribution in [0.25, 0.3) is 5.65 Å². The number of carbonyl (C=O) groups is 1. The van der Waals surface area contributed by atoms with Gasteiger partial charge in [-0.15, -0.1) is 0 Å². The topological polar surface area (TPSA) is 66.6 Å². The lowest BCUT2D eigenvalue weighted by atomic mass is 9.88. The summed E-state index contributed by atoms with van der Waals surface area (Å²) in [6.07, 6.45) is 3.31. The molecule has 1 amide bonds. The Balaban J connectivity index is 2.62. The molecule has 0 saturated carbocycles. The van der Waals surface area contributed by atoms with Crippen LogP contribution in [0.4, 0.5) is 0 Å². The molecule has 2 heterocycles. The van der Waals surface area contributed by atoms with E-state index in [2.05, 4.69) is 25.8 Å². The lowest BCUT2D eigenvalue weighted by Gasteiger charge is -2.19. The minimum Gasteiger partial charge on any atom is -0.295 e. The fourth-order valence-electron chi connectivity index (χ4n) is 1.65. The SMILES string of the molecule is CC(C)(C)c1ccc2ncc(C(=O)NO)n2c1. The van der Waals surface area contributed by atoms with E-state index in [1.165, 1.54) is 6.20 Å². The van der Waals surface area contributed by atoms with E-state index >= 15 is 0 Å². The molecule has 0 aliphatic rings. The number of hydroxylamine groups is 1. The number of carbonyl (C=O) groups excluding carboxylic acids is 1. The van der Waals surface area contributed by atoms with Crippen LogP contribution in [0.15, 0.2) is 24.5 Å². The Hall–Kier alpha value is -1.88. The molecule has 17 heavy (non-hydrogen) atoms. The molecule has 0 fully saturated rings. The molecule has 0 aliphatic carbocycles. The van der Waals surface area contributed by atoms with Crippen LogP contribution in [0.3, 0.4) is 0 Å². The molecule has 0 unspecified atom stereocenters. The van der Waals surface area contributed by atoms with E-state index in [4.69, 9.17) is 5.21 Å². The predicted molar refractivity (Wildman–Crippen MR) is 63.1 cm³/mol. The number of hydrogen-bond donors (Lipinski definition) is 2. The number of fused-ring (bicyclic) bond motifs is 1. The molecule has 2 rings (SSSR count).